The highest BCUT2D eigenvalue weighted by Gasteiger charge is 2.11. The SMILES string of the molecule is CCc1ccc(C(=O)N[C@H](C)CC)o1. The second-order valence-electron chi connectivity index (χ2n) is 3.40. The van der Waals surface area contributed by atoms with Crippen molar-refractivity contribution < 1.29 is 9.21 Å². The van der Waals surface area contributed by atoms with Gasteiger partial charge in [0.15, 0.2) is 5.76 Å². The maximum absolute atomic E-state index is 11.5. The number of aryl methyl sites for hydroxylation is 1. The smallest absolute Gasteiger partial charge is 0.287 e. The molecule has 3 nitrogen and oxygen atoms in total. The number of carbonyl (C=O) groups is 1. The van der Waals surface area contributed by atoms with Gasteiger partial charge in [-0.25, -0.2) is 0 Å². The molecule has 1 aromatic heterocycles. The molecule has 0 aliphatic rings. The van der Waals surface area contributed by atoms with Gasteiger partial charge in [0.25, 0.3) is 5.91 Å². The van der Waals surface area contributed by atoms with Crippen molar-refractivity contribution in [2.45, 2.75) is 39.7 Å². The van der Waals surface area contributed by atoms with Crippen molar-refractivity contribution in [2.24, 2.45) is 0 Å². The van der Waals surface area contributed by atoms with Crippen molar-refractivity contribution in [3.05, 3.63) is 23.7 Å². The van der Waals surface area contributed by atoms with E-state index in [-0.39, 0.29) is 11.9 Å². The zero-order valence-electron chi connectivity index (χ0n) is 8.96. The zero-order chi connectivity index (χ0) is 10.6. The molecule has 0 aliphatic heterocycles. The molecule has 1 heterocycles. The van der Waals surface area contributed by atoms with Gasteiger partial charge in [0, 0.05) is 12.5 Å². The summed E-state index contributed by atoms with van der Waals surface area (Å²) in [5.41, 5.74) is 0. The van der Waals surface area contributed by atoms with Gasteiger partial charge in [-0.15, -0.1) is 0 Å². The summed E-state index contributed by atoms with van der Waals surface area (Å²) in [5.74, 6) is 1.13. The molecule has 0 bridgehead atoms. The normalized spacial score (nSPS) is 12.5. The molecule has 0 fully saturated rings. The largest absolute Gasteiger partial charge is 0.456 e. The standard InChI is InChI=1S/C11H17NO2/c1-4-8(3)12-11(13)10-7-6-9(5-2)14-10/h6-8H,4-5H2,1-3H3,(H,12,13)/t8-/m1/s1. The van der Waals surface area contributed by atoms with Crippen LogP contribution in [0.25, 0.3) is 0 Å². The van der Waals surface area contributed by atoms with Gasteiger partial charge in [-0.2, -0.15) is 0 Å². The predicted molar refractivity (Wildman–Crippen MR) is 55.3 cm³/mol. The summed E-state index contributed by atoms with van der Waals surface area (Å²) in [4.78, 5) is 11.5. The lowest BCUT2D eigenvalue weighted by atomic mass is 10.2. The molecule has 1 N–H and O–H groups in total. The molecular weight excluding hydrogens is 178 g/mol. The molecule has 0 aromatic carbocycles. The number of hydrogen-bond acceptors (Lipinski definition) is 2. The topological polar surface area (TPSA) is 42.2 Å². The van der Waals surface area contributed by atoms with Gasteiger partial charge in [0.05, 0.1) is 0 Å². The quantitative estimate of drug-likeness (QED) is 0.801. The third kappa shape index (κ3) is 2.62. The van der Waals surface area contributed by atoms with E-state index in [2.05, 4.69) is 5.32 Å². The van der Waals surface area contributed by atoms with Crippen LogP contribution in [0.3, 0.4) is 0 Å². The summed E-state index contributed by atoms with van der Waals surface area (Å²) in [6, 6.07) is 3.75. The van der Waals surface area contributed by atoms with Gasteiger partial charge in [0.1, 0.15) is 5.76 Å². The lowest BCUT2D eigenvalue weighted by molar-refractivity contribution is 0.0909. The van der Waals surface area contributed by atoms with Crippen LogP contribution in [-0.4, -0.2) is 11.9 Å². The van der Waals surface area contributed by atoms with Crippen LogP contribution >= 0.6 is 0 Å². The van der Waals surface area contributed by atoms with Gasteiger partial charge in [-0.1, -0.05) is 13.8 Å². The number of furan rings is 1. The van der Waals surface area contributed by atoms with Crippen molar-refractivity contribution in [3.8, 4) is 0 Å². The monoisotopic (exact) mass is 195 g/mol. The Bertz CT molecular complexity index is 304. The Labute approximate surface area is 84.5 Å². The molecule has 0 saturated heterocycles. The van der Waals surface area contributed by atoms with E-state index in [9.17, 15) is 4.79 Å². The van der Waals surface area contributed by atoms with E-state index < -0.39 is 0 Å². The van der Waals surface area contributed by atoms with Crippen LogP contribution in [0.4, 0.5) is 0 Å². The van der Waals surface area contributed by atoms with E-state index >= 15 is 0 Å². The molecule has 0 saturated carbocycles. The molecule has 0 unspecified atom stereocenters. The fourth-order valence-electron chi connectivity index (χ4n) is 1.09. The third-order valence-electron chi connectivity index (χ3n) is 2.22. The van der Waals surface area contributed by atoms with E-state index in [1.807, 2.05) is 26.8 Å². The first-order valence-corrected chi connectivity index (χ1v) is 5.07. The lowest BCUT2D eigenvalue weighted by Crippen LogP contribution is -2.31. The number of nitrogens with one attached hydrogen (secondary N) is 1. The highest BCUT2D eigenvalue weighted by Crippen LogP contribution is 2.08. The molecule has 1 aromatic rings. The van der Waals surface area contributed by atoms with Crippen molar-refractivity contribution in [1.82, 2.24) is 5.32 Å². The molecule has 1 amide bonds. The van der Waals surface area contributed by atoms with E-state index in [0.717, 1.165) is 18.6 Å². The first kappa shape index (κ1) is 10.8. The zero-order valence-corrected chi connectivity index (χ0v) is 8.96. The second-order valence-corrected chi connectivity index (χ2v) is 3.40. The number of rotatable bonds is 4. The summed E-state index contributed by atoms with van der Waals surface area (Å²) in [7, 11) is 0. The van der Waals surface area contributed by atoms with Gasteiger partial charge in [0.2, 0.25) is 0 Å². The lowest BCUT2D eigenvalue weighted by Gasteiger charge is -2.09. The van der Waals surface area contributed by atoms with Gasteiger partial charge in [-0.3, -0.25) is 4.79 Å². The number of amides is 1. The average Bonchev–Trinajstić information content (AvgIpc) is 2.65. The fraction of sp³-hybridized carbons (Fsp3) is 0.545. The van der Waals surface area contributed by atoms with E-state index in [1.54, 1.807) is 6.07 Å². The van der Waals surface area contributed by atoms with E-state index in [1.165, 1.54) is 0 Å². The summed E-state index contributed by atoms with van der Waals surface area (Å²) < 4.78 is 5.33. The van der Waals surface area contributed by atoms with E-state index in [0.29, 0.717) is 5.76 Å². The number of carbonyl (C=O) groups excluding carboxylic acids is 1. The molecule has 3 heteroatoms. The van der Waals surface area contributed by atoms with Crippen molar-refractivity contribution in [2.75, 3.05) is 0 Å². The Balaban J connectivity index is 2.60. The Hall–Kier alpha value is -1.25. The maximum atomic E-state index is 11.5. The van der Waals surface area contributed by atoms with Crippen LogP contribution in [-0.2, 0) is 6.42 Å². The van der Waals surface area contributed by atoms with Crippen LogP contribution in [0.5, 0.6) is 0 Å². The van der Waals surface area contributed by atoms with Crippen LogP contribution in [0.15, 0.2) is 16.5 Å². The first-order valence-electron chi connectivity index (χ1n) is 5.07. The highest BCUT2D eigenvalue weighted by molar-refractivity contribution is 5.91. The molecular formula is C11H17NO2. The molecule has 14 heavy (non-hydrogen) atoms. The first-order chi connectivity index (χ1) is 6.67. The second kappa shape index (κ2) is 4.84. The molecule has 0 radical (unpaired) electrons. The van der Waals surface area contributed by atoms with Crippen LogP contribution in [0.2, 0.25) is 0 Å². The summed E-state index contributed by atoms with van der Waals surface area (Å²) in [6.45, 7) is 6.00. The van der Waals surface area contributed by atoms with E-state index in [4.69, 9.17) is 4.42 Å². The van der Waals surface area contributed by atoms with Crippen LogP contribution in [0, 0.1) is 0 Å². The molecule has 0 aliphatic carbocycles. The van der Waals surface area contributed by atoms with Gasteiger partial charge < -0.3 is 9.73 Å². The minimum absolute atomic E-state index is 0.126. The van der Waals surface area contributed by atoms with Crippen molar-refractivity contribution in [1.29, 1.82) is 0 Å². The Morgan fingerprint density at radius 2 is 2.21 bits per heavy atom. The molecule has 1 rings (SSSR count). The Kier molecular flexibility index (Phi) is 3.74. The van der Waals surface area contributed by atoms with Crippen LogP contribution in [0.1, 0.15) is 43.5 Å². The number of hydrogen-bond donors (Lipinski definition) is 1. The van der Waals surface area contributed by atoms with Crippen molar-refractivity contribution in [3.63, 3.8) is 0 Å². The van der Waals surface area contributed by atoms with Crippen molar-refractivity contribution >= 4 is 5.91 Å². The molecule has 78 valence electrons. The summed E-state index contributed by atoms with van der Waals surface area (Å²) >= 11 is 0. The predicted octanol–water partition coefficient (Wildman–Crippen LogP) is 2.37. The van der Waals surface area contributed by atoms with Gasteiger partial charge >= 0.3 is 0 Å². The maximum Gasteiger partial charge on any atom is 0.287 e. The minimum atomic E-state index is -0.126. The Morgan fingerprint density at radius 3 is 2.71 bits per heavy atom. The fourth-order valence-corrected chi connectivity index (χ4v) is 1.09. The molecule has 1 atom stereocenters. The minimum Gasteiger partial charge on any atom is -0.456 e. The van der Waals surface area contributed by atoms with Crippen LogP contribution < -0.4 is 5.32 Å². The summed E-state index contributed by atoms with van der Waals surface area (Å²) in [5, 5.41) is 2.85. The van der Waals surface area contributed by atoms with Gasteiger partial charge in [-0.05, 0) is 25.5 Å². The Morgan fingerprint density at radius 1 is 1.50 bits per heavy atom. The third-order valence-corrected chi connectivity index (χ3v) is 2.22. The highest BCUT2D eigenvalue weighted by atomic mass is 16.3. The molecule has 0 spiro atoms. The summed E-state index contributed by atoms with van der Waals surface area (Å²) in [6.07, 6.45) is 1.74. The average molecular weight is 195 g/mol.